The minimum absolute atomic E-state index is 0.0788. The number of ether oxygens (including phenoxy) is 2. The Morgan fingerprint density at radius 1 is 1.31 bits per heavy atom. The first-order valence-electron chi connectivity index (χ1n) is 9.25. The molecule has 26 heavy (non-hydrogen) atoms. The number of amides is 1. The highest BCUT2D eigenvalue weighted by atomic mass is 16.5. The van der Waals surface area contributed by atoms with Crippen molar-refractivity contribution in [2.75, 3.05) is 19.8 Å². The van der Waals surface area contributed by atoms with Crippen LogP contribution in [0.15, 0.2) is 43.0 Å². The average Bonchev–Trinajstić information content (AvgIpc) is 3.13. The van der Waals surface area contributed by atoms with Gasteiger partial charge in [-0.25, -0.2) is 4.98 Å². The topological polar surface area (TPSA) is 56.6 Å². The first kappa shape index (κ1) is 17.1. The molecule has 2 aromatic rings. The first-order valence-corrected chi connectivity index (χ1v) is 9.25. The summed E-state index contributed by atoms with van der Waals surface area (Å²) in [5, 5.41) is 0. The van der Waals surface area contributed by atoms with E-state index in [0.29, 0.717) is 32.7 Å². The fraction of sp³-hybridized carbons (Fsp3) is 0.500. The Balaban J connectivity index is 1.57. The smallest absolute Gasteiger partial charge is 0.225 e. The van der Waals surface area contributed by atoms with Crippen molar-refractivity contribution in [2.45, 2.75) is 44.4 Å². The molecule has 1 spiro atoms. The highest BCUT2D eigenvalue weighted by Gasteiger charge is 2.40. The molecule has 0 radical (unpaired) electrons. The molecular weight excluding hydrogens is 330 g/mol. The molecular formula is C20H25N3O3. The highest BCUT2D eigenvalue weighted by molar-refractivity contribution is 5.77. The lowest BCUT2D eigenvalue weighted by molar-refractivity contribution is -0.137. The zero-order chi connectivity index (χ0) is 18.0. The summed E-state index contributed by atoms with van der Waals surface area (Å²) < 4.78 is 14.0. The molecule has 0 N–H and O–H groups in total. The van der Waals surface area contributed by atoms with Crippen molar-refractivity contribution in [1.82, 2.24) is 14.5 Å². The van der Waals surface area contributed by atoms with Crippen molar-refractivity contribution in [3.63, 3.8) is 0 Å². The normalized spacial score (nSPS) is 20.1. The van der Waals surface area contributed by atoms with E-state index in [1.54, 1.807) is 12.5 Å². The second-order valence-electron chi connectivity index (χ2n) is 7.32. The summed E-state index contributed by atoms with van der Waals surface area (Å²) in [4.78, 5) is 19.1. The van der Waals surface area contributed by atoms with E-state index in [1.807, 2.05) is 46.9 Å². The van der Waals surface area contributed by atoms with E-state index in [4.69, 9.17) is 9.47 Å². The van der Waals surface area contributed by atoms with Crippen molar-refractivity contribution in [3.8, 4) is 5.75 Å². The monoisotopic (exact) mass is 355 g/mol. The fourth-order valence-corrected chi connectivity index (χ4v) is 3.81. The van der Waals surface area contributed by atoms with Crippen LogP contribution in [-0.2, 0) is 16.1 Å². The second kappa shape index (κ2) is 7.11. The Morgan fingerprint density at radius 3 is 2.88 bits per heavy atom. The van der Waals surface area contributed by atoms with Gasteiger partial charge in [0.05, 0.1) is 26.1 Å². The molecule has 1 unspecified atom stereocenters. The van der Waals surface area contributed by atoms with Gasteiger partial charge < -0.3 is 18.9 Å². The maximum Gasteiger partial charge on any atom is 0.225 e. The molecule has 138 valence electrons. The van der Waals surface area contributed by atoms with E-state index < -0.39 is 0 Å². The van der Waals surface area contributed by atoms with Crippen LogP contribution in [-0.4, -0.2) is 45.7 Å². The van der Waals surface area contributed by atoms with Crippen molar-refractivity contribution >= 4 is 5.91 Å². The standard InChI is InChI=1S/C20H25N3O3/c1-16(22-9-8-21-15-22)12-19(24)23-13-17-4-2-3-5-18(17)26-20(14-23)6-10-25-11-7-20/h2-5,8-9,15-16H,6-7,10-14H2,1H3. The summed E-state index contributed by atoms with van der Waals surface area (Å²) >= 11 is 0. The van der Waals surface area contributed by atoms with Crippen molar-refractivity contribution in [3.05, 3.63) is 48.5 Å². The zero-order valence-electron chi connectivity index (χ0n) is 15.1. The molecule has 4 rings (SSSR count). The summed E-state index contributed by atoms with van der Waals surface area (Å²) in [7, 11) is 0. The number of carbonyl (C=O) groups excluding carboxylic acids is 1. The summed E-state index contributed by atoms with van der Waals surface area (Å²) in [5.74, 6) is 1.05. The Hall–Kier alpha value is -2.34. The van der Waals surface area contributed by atoms with Crippen LogP contribution in [0.1, 0.15) is 37.8 Å². The molecule has 1 aromatic heterocycles. The molecule has 2 aliphatic heterocycles. The molecule has 1 atom stereocenters. The summed E-state index contributed by atoms with van der Waals surface area (Å²) in [5.41, 5.74) is 0.721. The Morgan fingerprint density at radius 2 is 2.12 bits per heavy atom. The molecule has 3 heterocycles. The van der Waals surface area contributed by atoms with Crippen LogP contribution in [0.25, 0.3) is 0 Å². The van der Waals surface area contributed by atoms with Gasteiger partial charge in [-0.1, -0.05) is 18.2 Å². The number of aromatic nitrogens is 2. The number of imidazole rings is 1. The van der Waals surface area contributed by atoms with E-state index in [0.717, 1.165) is 24.2 Å². The fourth-order valence-electron chi connectivity index (χ4n) is 3.81. The maximum atomic E-state index is 13.1. The third kappa shape index (κ3) is 3.46. The van der Waals surface area contributed by atoms with Crippen molar-refractivity contribution < 1.29 is 14.3 Å². The number of fused-ring (bicyclic) bond motifs is 1. The van der Waals surface area contributed by atoms with E-state index in [-0.39, 0.29) is 17.6 Å². The molecule has 0 aliphatic carbocycles. The van der Waals surface area contributed by atoms with Gasteiger partial charge in [0, 0.05) is 49.8 Å². The van der Waals surface area contributed by atoms with Gasteiger partial charge in [-0.3, -0.25) is 4.79 Å². The van der Waals surface area contributed by atoms with Crippen LogP contribution in [0, 0.1) is 0 Å². The molecule has 6 nitrogen and oxygen atoms in total. The van der Waals surface area contributed by atoms with Gasteiger partial charge in [0.2, 0.25) is 5.91 Å². The predicted molar refractivity (Wildman–Crippen MR) is 96.8 cm³/mol. The first-order chi connectivity index (χ1) is 12.7. The van der Waals surface area contributed by atoms with Crippen LogP contribution in [0.3, 0.4) is 0 Å². The van der Waals surface area contributed by atoms with Gasteiger partial charge in [0.1, 0.15) is 11.4 Å². The molecule has 1 fully saturated rings. The number of para-hydroxylation sites is 1. The predicted octanol–water partition coefficient (Wildman–Crippen LogP) is 2.80. The number of carbonyl (C=O) groups is 1. The second-order valence-corrected chi connectivity index (χ2v) is 7.32. The minimum Gasteiger partial charge on any atom is -0.485 e. The summed E-state index contributed by atoms with van der Waals surface area (Å²) in [6, 6.07) is 8.13. The van der Waals surface area contributed by atoms with Crippen LogP contribution in [0.4, 0.5) is 0 Å². The zero-order valence-corrected chi connectivity index (χ0v) is 15.1. The lowest BCUT2D eigenvalue weighted by Gasteiger charge is -2.39. The van der Waals surface area contributed by atoms with Crippen molar-refractivity contribution in [1.29, 1.82) is 0 Å². The Bertz CT molecular complexity index is 753. The van der Waals surface area contributed by atoms with E-state index in [1.165, 1.54) is 0 Å². The Labute approximate surface area is 153 Å². The van der Waals surface area contributed by atoms with E-state index in [2.05, 4.69) is 4.98 Å². The van der Waals surface area contributed by atoms with Gasteiger partial charge >= 0.3 is 0 Å². The quantitative estimate of drug-likeness (QED) is 0.850. The molecule has 6 heteroatoms. The number of nitrogens with zero attached hydrogens (tertiary/aromatic N) is 3. The maximum absolute atomic E-state index is 13.1. The lowest BCUT2D eigenvalue weighted by Crippen LogP contribution is -2.51. The van der Waals surface area contributed by atoms with E-state index >= 15 is 0 Å². The lowest BCUT2D eigenvalue weighted by atomic mass is 9.93. The van der Waals surface area contributed by atoms with E-state index in [9.17, 15) is 4.79 Å². The SMILES string of the molecule is CC(CC(=O)N1Cc2ccccc2OC2(CCOCC2)C1)n1ccnc1. The third-order valence-electron chi connectivity index (χ3n) is 5.40. The number of hydrogen-bond acceptors (Lipinski definition) is 4. The summed E-state index contributed by atoms with van der Waals surface area (Å²) in [6.45, 7) is 4.60. The van der Waals surface area contributed by atoms with Gasteiger partial charge in [0.25, 0.3) is 0 Å². The summed E-state index contributed by atoms with van der Waals surface area (Å²) in [6.07, 6.45) is 7.47. The average molecular weight is 355 g/mol. The van der Waals surface area contributed by atoms with Crippen LogP contribution in [0.5, 0.6) is 5.75 Å². The number of hydrogen-bond donors (Lipinski definition) is 0. The molecule has 1 amide bonds. The Kier molecular flexibility index (Phi) is 4.68. The molecule has 1 aromatic carbocycles. The van der Waals surface area contributed by atoms with Crippen molar-refractivity contribution in [2.24, 2.45) is 0 Å². The van der Waals surface area contributed by atoms with Crippen LogP contribution in [0.2, 0.25) is 0 Å². The molecule has 0 saturated carbocycles. The molecule has 0 bridgehead atoms. The number of benzene rings is 1. The minimum atomic E-state index is -0.348. The van der Waals surface area contributed by atoms with Gasteiger partial charge in [0.15, 0.2) is 0 Å². The molecule has 1 saturated heterocycles. The van der Waals surface area contributed by atoms with Gasteiger partial charge in [-0.05, 0) is 13.0 Å². The van der Waals surface area contributed by atoms with Crippen LogP contribution < -0.4 is 4.74 Å². The van der Waals surface area contributed by atoms with Crippen LogP contribution >= 0.6 is 0 Å². The number of rotatable bonds is 3. The molecule has 2 aliphatic rings. The van der Waals surface area contributed by atoms with Gasteiger partial charge in [-0.15, -0.1) is 0 Å². The third-order valence-corrected chi connectivity index (χ3v) is 5.40. The van der Waals surface area contributed by atoms with Gasteiger partial charge in [-0.2, -0.15) is 0 Å². The highest BCUT2D eigenvalue weighted by Crippen LogP contribution is 2.35. The largest absolute Gasteiger partial charge is 0.485 e.